The summed E-state index contributed by atoms with van der Waals surface area (Å²) in [5.74, 6) is 0. The average molecular weight is 436 g/mol. The van der Waals surface area contributed by atoms with Crippen molar-refractivity contribution in [3.05, 3.63) is 67.2 Å². The van der Waals surface area contributed by atoms with E-state index in [9.17, 15) is 0 Å². The van der Waals surface area contributed by atoms with Crippen LogP contribution >= 0.6 is 23.1 Å². The van der Waals surface area contributed by atoms with Gasteiger partial charge in [-0.2, -0.15) is 4.57 Å². The fourth-order valence-electron chi connectivity index (χ4n) is 4.32. The maximum absolute atomic E-state index is 2.35. The Kier molecular flexibility index (Phi) is 5.36. The molecule has 1 aliphatic rings. The standard InChI is InChI=1S/C26H31N2S2/c1-14(10-23-27(8)25-19(6)17(4)15(2)12-21(25)29-23)11-24-28(9)26-20(7)18(5)16(3)13-22(26)30-24/h10-13H,1-9H3/q+1. The van der Waals surface area contributed by atoms with Crippen molar-refractivity contribution in [2.45, 2.75) is 53.4 Å². The topological polar surface area (TPSA) is 7.12 Å². The van der Waals surface area contributed by atoms with Gasteiger partial charge < -0.3 is 4.90 Å². The van der Waals surface area contributed by atoms with Crippen molar-refractivity contribution in [3.63, 3.8) is 0 Å². The zero-order chi connectivity index (χ0) is 21.9. The second kappa shape index (κ2) is 7.58. The van der Waals surface area contributed by atoms with Crippen LogP contribution in [0.2, 0.25) is 0 Å². The quantitative estimate of drug-likeness (QED) is 0.398. The molecule has 1 aliphatic heterocycles. The van der Waals surface area contributed by atoms with Crippen LogP contribution in [0.3, 0.4) is 0 Å². The lowest BCUT2D eigenvalue weighted by Crippen LogP contribution is -2.30. The Morgan fingerprint density at radius 3 is 2.27 bits per heavy atom. The third kappa shape index (κ3) is 3.30. The van der Waals surface area contributed by atoms with Crippen LogP contribution in [-0.4, -0.2) is 7.05 Å². The molecule has 0 aliphatic carbocycles. The summed E-state index contributed by atoms with van der Waals surface area (Å²) in [6.45, 7) is 15.6. The van der Waals surface area contributed by atoms with Crippen LogP contribution in [0.15, 0.2) is 33.7 Å². The number of benzene rings is 2. The van der Waals surface area contributed by atoms with E-state index in [2.05, 4.69) is 96.3 Å². The van der Waals surface area contributed by atoms with Crippen molar-refractivity contribution in [1.29, 1.82) is 0 Å². The molecule has 30 heavy (non-hydrogen) atoms. The Labute approximate surface area is 188 Å². The van der Waals surface area contributed by atoms with Gasteiger partial charge >= 0.3 is 0 Å². The van der Waals surface area contributed by atoms with Gasteiger partial charge in [-0.15, -0.1) is 0 Å². The van der Waals surface area contributed by atoms with Gasteiger partial charge in [0.2, 0.25) is 5.52 Å². The summed E-state index contributed by atoms with van der Waals surface area (Å²) in [5.41, 5.74) is 12.3. The fourth-order valence-corrected chi connectivity index (χ4v) is 6.96. The summed E-state index contributed by atoms with van der Waals surface area (Å²) in [6.07, 6.45) is 4.64. The first-order chi connectivity index (χ1) is 14.1. The van der Waals surface area contributed by atoms with Gasteiger partial charge in [-0.1, -0.05) is 23.1 Å². The molecule has 156 valence electrons. The number of thiazole rings is 1. The van der Waals surface area contributed by atoms with Crippen LogP contribution in [0.1, 0.15) is 45.3 Å². The summed E-state index contributed by atoms with van der Waals surface area (Å²) in [7, 11) is 4.38. The SMILES string of the molecule is CC(/C=C1\Sc2cc(C)c(C)c(C)c2N1C)=C\c1sc2cc(C)c(C)c(C)c2[n+]1C. The summed E-state index contributed by atoms with van der Waals surface area (Å²) in [5, 5.41) is 2.58. The highest BCUT2D eigenvalue weighted by atomic mass is 32.2. The van der Waals surface area contributed by atoms with E-state index in [1.54, 1.807) is 0 Å². The van der Waals surface area contributed by atoms with Crippen LogP contribution in [0.4, 0.5) is 5.69 Å². The smallest absolute Gasteiger partial charge is 0.262 e. The van der Waals surface area contributed by atoms with Crippen LogP contribution in [0.5, 0.6) is 0 Å². The third-order valence-electron chi connectivity index (χ3n) is 6.64. The lowest BCUT2D eigenvalue weighted by molar-refractivity contribution is -0.642. The van der Waals surface area contributed by atoms with Crippen LogP contribution in [0.25, 0.3) is 16.3 Å². The molecule has 0 unspecified atom stereocenters. The number of fused-ring (bicyclic) bond motifs is 2. The second-order valence-corrected chi connectivity index (χ2v) is 10.7. The first-order valence-corrected chi connectivity index (χ1v) is 12.0. The monoisotopic (exact) mass is 435 g/mol. The maximum atomic E-state index is 2.35. The number of thioether (sulfide) groups is 1. The zero-order valence-corrected chi connectivity index (χ0v) is 21.2. The summed E-state index contributed by atoms with van der Waals surface area (Å²) in [4.78, 5) is 3.71. The van der Waals surface area contributed by atoms with Gasteiger partial charge in [-0.3, -0.25) is 0 Å². The summed E-state index contributed by atoms with van der Waals surface area (Å²) >= 11 is 3.76. The van der Waals surface area contributed by atoms with E-state index < -0.39 is 0 Å². The van der Waals surface area contributed by atoms with Crippen LogP contribution in [0, 0.1) is 41.5 Å². The van der Waals surface area contributed by atoms with E-state index in [1.165, 1.54) is 69.8 Å². The van der Waals surface area contributed by atoms with Gasteiger partial charge in [-0.05, 0) is 100 Å². The normalized spacial score (nSPS) is 15.6. The maximum Gasteiger partial charge on any atom is 0.262 e. The van der Waals surface area contributed by atoms with Crippen molar-refractivity contribution in [1.82, 2.24) is 0 Å². The minimum Gasteiger partial charge on any atom is -0.338 e. The minimum absolute atomic E-state index is 1.27. The predicted octanol–water partition coefficient (Wildman–Crippen LogP) is 7.06. The van der Waals surface area contributed by atoms with Crippen LogP contribution < -0.4 is 9.47 Å². The third-order valence-corrected chi connectivity index (χ3v) is 8.91. The van der Waals surface area contributed by atoms with E-state index >= 15 is 0 Å². The van der Waals surface area contributed by atoms with Gasteiger partial charge in [0.15, 0.2) is 0 Å². The Morgan fingerprint density at radius 2 is 1.57 bits per heavy atom. The van der Waals surface area contributed by atoms with E-state index in [4.69, 9.17) is 0 Å². The van der Waals surface area contributed by atoms with Gasteiger partial charge in [0.25, 0.3) is 5.01 Å². The Bertz CT molecular complexity index is 1260. The highest BCUT2D eigenvalue weighted by molar-refractivity contribution is 8.03. The highest BCUT2D eigenvalue weighted by Gasteiger charge is 2.26. The number of nitrogens with zero attached hydrogens (tertiary/aromatic N) is 2. The fraction of sp³-hybridized carbons (Fsp3) is 0.346. The first-order valence-electron chi connectivity index (χ1n) is 10.4. The number of allylic oxidation sites excluding steroid dienone is 2. The molecule has 0 saturated heterocycles. The molecule has 0 atom stereocenters. The van der Waals surface area contributed by atoms with Gasteiger partial charge in [0.1, 0.15) is 11.7 Å². The van der Waals surface area contributed by atoms with Gasteiger partial charge in [-0.25, -0.2) is 0 Å². The number of rotatable bonds is 2. The van der Waals surface area contributed by atoms with Gasteiger partial charge in [0, 0.05) is 23.6 Å². The largest absolute Gasteiger partial charge is 0.338 e. The van der Waals surface area contributed by atoms with E-state index in [-0.39, 0.29) is 0 Å². The van der Waals surface area contributed by atoms with Crippen molar-refractivity contribution in [2.75, 3.05) is 11.9 Å². The molecular formula is C26H31N2S2+. The molecule has 0 spiro atoms. The Morgan fingerprint density at radius 1 is 0.933 bits per heavy atom. The van der Waals surface area contributed by atoms with Gasteiger partial charge in [0.05, 0.1) is 10.7 Å². The molecule has 0 fully saturated rings. The van der Waals surface area contributed by atoms with Crippen molar-refractivity contribution in [3.8, 4) is 0 Å². The molecule has 0 saturated carbocycles. The average Bonchev–Trinajstić information content (AvgIpc) is 3.14. The minimum atomic E-state index is 1.27. The molecule has 0 radical (unpaired) electrons. The molecule has 2 aromatic carbocycles. The molecule has 2 nitrogen and oxygen atoms in total. The first kappa shape index (κ1) is 21.2. The number of anilines is 1. The molecule has 3 aromatic rings. The molecular weight excluding hydrogens is 404 g/mol. The lowest BCUT2D eigenvalue weighted by Gasteiger charge is -2.18. The number of aryl methyl sites for hydroxylation is 4. The molecule has 0 N–H and O–H groups in total. The highest BCUT2D eigenvalue weighted by Crippen LogP contribution is 2.48. The predicted molar refractivity (Wildman–Crippen MR) is 134 cm³/mol. The lowest BCUT2D eigenvalue weighted by atomic mass is 10.0. The van der Waals surface area contributed by atoms with E-state index in [1.807, 2.05) is 23.1 Å². The summed E-state index contributed by atoms with van der Waals surface area (Å²) < 4.78 is 3.71. The molecule has 2 heterocycles. The van der Waals surface area contributed by atoms with E-state index in [0.717, 1.165) is 0 Å². The van der Waals surface area contributed by atoms with Crippen LogP contribution in [-0.2, 0) is 7.05 Å². The summed E-state index contributed by atoms with van der Waals surface area (Å²) in [6, 6.07) is 4.66. The number of hydrogen-bond acceptors (Lipinski definition) is 3. The number of hydrogen-bond donors (Lipinski definition) is 0. The molecule has 0 bridgehead atoms. The number of aromatic nitrogens is 1. The second-order valence-electron chi connectivity index (χ2n) is 8.61. The molecule has 4 rings (SSSR count). The van der Waals surface area contributed by atoms with E-state index in [0.29, 0.717) is 0 Å². The van der Waals surface area contributed by atoms with Crippen molar-refractivity contribution >= 4 is 45.1 Å². The Hall–Kier alpha value is -2.04. The Balaban J connectivity index is 1.73. The van der Waals surface area contributed by atoms with Crippen molar-refractivity contribution in [2.24, 2.45) is 7.05 Å². The van der Waals surface area contributed by atoms with Crippen molar-refractivity contribution < 1.29 is 4.57 Å². The molecule has 4 heteroatoms. The molecule has 0 amide bonds. The molecule has 1 aromatic heterocycles. The zero-order valence-electron chi connectivity index (χ0n) is 19.5.